The minimum Gasteiger partial charge on any atom is -0.507 e. The minimum absolute atomic E-state index is 0.0147. The van der Waals surface area contributed by atoms with Crippen molar-refractivity contribution in [1.29, 1.82) is 0 Å². The molecule has 1 amide bonds. The Hall–Kier alpha value is -4.79. The third kappa shape index (κ3) is 4.71. The Morgan fingerprint density at radius 1 is 0.865 bits per heavy atom. The Labute approximate surface area is 213 Å². The van der Waals surface area contributed by atoms with Crippen molar-refractivity contribution < 1.29 is 38.8 Å². The molecule has 3 aromatic rings. The van der Waals surface area contributed by atoms with E-state index in [0.717, 1.165) is 0 Å². The molecule has 1 aliphatic rings. The van der Waals surface area contributed by atoms with E-state index in [1.165, 1.54) is 44.4 Å². The zero-order chi connectivity index (χ0) is 26.7. The predicted octanol–water partition coefficient (Wildman–Crippen LogP) is 4.03. The molecule has 1 saturated heterocycles. The summed E-state index contributed by atoms with van der Waals surface area (Å²) in [4.78, 5) is 39.3. The number of ketones is 1. The fourth-order valence-corrected chi connectivity index (χ4v) is 4.35. The summed E-state index contributed by atoms with van der Waals surface area (Å²) in [5.74, 6) is -2.07. The van der Waals surface area contributed by atoms with Crippen LogP contribution in [0.5, 0.6) is 17.2 Å². The molecule has 9 heteroatoms. The summed E-state index contributed by atoms with van der Waals surface area (Å²) in [6.07, 6.45) is 0. The first-order valence-electron chi connectivity index (χ1n) is 11.3. The minimum atomic E-state index is -1.08. The molecule has 0 radical (unpaired) electrons. The zero-order valence-corrected chi connectivity index (χ0v) is 20.4. The van der Waals surface area contributed by atoms with Gasteiger partial charge >= 0.3 is 5.97 Å². The van der Waals surface area contributed by atoms with E-state index in [-0.39, 0.29) is 29.0 Å². The fraction of sp³-hybridized carbons (Fsp3) is 0.179. The van der Waals surface area contributed by atoms with Crippen LogP contribution in [0, 0.1) is 0 Å². The lowest BCUT2D eigenvalue weighted by Crippen LogP contribution is -2.29. The van der Waals surface area contributed by atoms with E-state index >= 15 is 0 Å². The zero-order valence-electron chi connectivity index (χ0n) is 20.4. The maximum Gasteiger partial charge on any atom is 0.335 e. The van der Waals surface area contributed by atoms with Crippen LogP contribution in [0.15, 0.2) is 72.3 Å². The summed E-state index contributed by atoms with van der Waals surface area (Å²) in [6, 6.07) is 16.7. The van der Waals surface area contributed by atoms with E-state index in [1.54, 1.807) is 48.5 Å². The Morgan fingerprint density at radius 3 is 2.16 bits per heavy atom. The number of para-hydroxylation sites is 1. The summed E-state index contributed by atoms with van der Waals surface area (Å²) in [6.45, 7) is -0.0147. The number of hydrogen-bond donors (Lipinski definition) is 2. The number of carbonyl (C=O) groups excluding carboxylic acids is 2. The third-order valence-electron chi connectivity index (χ3n) is 6.19. The molecule has 0 aromatic heterocycles. The van der Waals surface area contributed by atoms with Gasteiger partial charge < -0.3 is 29.3 Å². The van der Waals surface area contributed by atoms with Crippen molar-refractivity contribution in [3.63, 3.8) is 0 Å². The number of aromatic carboxylic acids is 1. The summed E-state index contributed by atoms with van der Waals surface area (Å²) in [5, 5.41) is 20.6. The SMILES string of the molecule is COc1ccc(OC)c(/C(O)=C2\C(=O)C(=O)N(Cc3ccc(C(=O)O)cc3)C2c2ccccc2OC)c1. The second kappa shape index (κ2) is 10.4. The number of aliphatic hydroxyl groups is 1. The number of benzene rings is 3. The highest BCUT2D eigenvalue weighted by molar-refractivity contribution is 6.46. The van der Waals surface area contributed by atoms with E-state index in [4.69, 9.17) is 14.2 Å². The van der Waals surface area contributed by atoms with Crippen LogP contribution in [0.2, 0.25) is 0 Å². The van der Waals surface area contributed by atoms with Gasteiger partial charge in [0.1, 0.15) is 23.0 Å². The normalized spacial score (nSPS) is 16.5. The molecule has 1 atom stereocenters. The predicted molar refractivity (Wildman–Crippen MR) is 134 cm³/mol. The van der Waals surface area contributed by atoms with Crippen LogP contribution < -0.4 is 14.2 Å². The van der Waals surface area contributed by atoms with Gasteiger partial charge in [-0.3, -0.25) is 9.59 Å². The summed E-state index contributed by atoms with van der Waals surface area (Å²) < 4.78 is 16.2. The number of rotatable bonds is 8. The van der Waals surface area contributed by atoms with Gasteiger partial charge in [-0.2, -0.15) is 0 Å². The van der Waals surface area contributed by atoms with E-state index in [0.29, 0.717) is 22.6 Å². The molecule has 37 heavy (non-hydrogen) atoms. The summed E-state index contributed by atoms with van der Waals surface area (Å²) in [7, 11) is 4.37. The van der Waals surface area contributed by atoms with Crippen LogP contribution in [0.1, 0.15) is 33.1 Å². The van der Waals surface area contributed by atoms with Crippen LogP contribution in [-0.4, -0.2) is 54.1 Å². The summed E-state index contributed by atoms with van der Waals surface area (Å²) >= 11 is 0. The van der Waals surface area contributed by atoms with E-state index in [9.17, 15) is 24.6 Å². The van der Waals surface area contributed by atoms with E-state index in [2.05, 4.69) is 0 Å². The molecular formula is C28H25NO8. The molecule has 0 aliphatic carbocycles. The highest BCUT2D eigenvalue weighted by Crippen LogP contribution is 2.44. The number of carbonyl (C=O) groups is 3. The maximum absolute atomic E-state index is 13.4. The quantitative estimate of drug-likeness (QED) is 0.268. The standard InChI is InChI=1S/C28H25NO8/c1-35-18-12-13-22(37-3)20(14-18)25(30)23-24(19-6-4-5-7-21(19)36-2)29(27(32)26(23)31)15-16-8-10-17(11-9-16)28(33)34/h4-14,24,30H,15H2,1-3H3,(H,33,34)/b25-23+. The topological polar surface area (TPSA) is 123 Å². The monoisotopic (exact) mass is 503 g/mol. The molecular weight excluding hydrogens is 478 g/mol. The smallest absolute Gasteiger partial charge is 0.335 e. The first-order valence-corrected chi connectivity index (χ1v) is 11.3. The summed E-state index contributed by atoms with van der Waals surface area (Å²) in [5.41, 5.74) is 1.24. The molecule has 9 nitrogen and oxygen atoms in total. The van der Waals surface area contributed by atoms with Gasteiger partial charge in [0, 0.05) is 12.1 Å². The highest BCUT2D eigenvalue weighted by Gasteiger charge is 2.47. The number of methoxy groups -OCH3 is 3. The Morgan fingerprint density at radius 2 is 1.54 bits per heavy atom. The lowest BCUT2D eigenvalue weighted by Gasteiger charge is -2.27. The number of amides is 1. The Kier molecular flexibility index (Phi) is 7.15. The van der Waals surface area contributed by atoms with Gasteiger partial charge in [0.2, 0.25) is 0 Å². The van der Waals surface area contributed by atoms with Gasteiger partial charge in [-0.05, 0) is 42.0 Å². The number of aliphatic hydroxyl groups excluding tert-OH is 1. The second-order valence-electron chi connectivity index (χ2n) is 8.24. The lowest BCUT2D eigenvalue weighted by molar-refractivity contribution is -0.140. The number of likely N-dealkylation sites (tertiary alicyclic amines) is 1. The molecule has 2 N–H and O–H groups in total. The average molecular weight is 504 g/mol. The van der Waals surface area contributed by atoms with Crippen LogP contribution in [-0.2, 0) is 16.1 Å². The first-order chi connectivity index (χ1) is 17.8. The van der Waals surface area contributed by atoms with Gasteiger partial charge in [0.15, 0.2) is 0 Å². The van der Waals surface area contributed by atoms with Gasteiger partial charge in [0.05, 0.1) is 44.1 Å². The highest BCUT2D eigenvalue weighted by atomic mass is 16.5. The largest absolute Gasteiger partial charge is 0.507 e. The fourth-order valence-electron chi connectivity index (χ4n) is 4.35. The van der Waals surface area contributed by atoms with Crippen LogP contribution in [0.4, 0.5) is 0 Å². The number of ether oxygens (including phenoxy) is 3. The molecule has 0 saturated carbocycles. The second-order valence-corrected chi connectivity index (χ2v) is 8.24. The molecule has 1 fully saturated rings. The first kappa shape index (κ1) is 25.3. The van der Waals surface area contributed by atoms with Crippen molar-refractivity contribution in [3.05, 3.63) is 94.6 Å². The number of hydrogen-bond acceptors (Lipinski definition) is 7. The maximum atomic E-state index is 13.4. The van der Waals surface area contributed by atoms with E-state index < -0.39 is 29.5 Å². The van der Waals surface area contributed by atoms with Gasteiger partial charge in [0.25, 0.3) is 11.7 Å². The molecule has 1 unspecified atom stereocenters. The molecule has 190 valence electrons. The number of nitrogens with zero attached hydrogens (tertiary/aromatic N) is 1. The molecule has 0 spiro atoms. The van der Waals surface area contributed by atoms with Crippen LogP contribution >= 0.6 is 0 Å². The third-order valence-corrected chi connectivity index (χ3v) is 6.19. The Balaban J connectivity index is 1.91. The average Bonchev–Trinajstić information content (AvgIpc) is 3.17. The number of carboxylic acids is 1. The molecule has 1 heterocycles. The number of Topliss-reactive ketones (excluding diaryl/α,β-unsaturated/α-hetero) is 1. The van der Waals surface area contributed by atoms with Crippen LogP contribution in [0.25, 0.3) is 5.76 Å². The molecule has 3 aromatic carbocycles. The van der Waals surface area contributed by atoms with Crippen LogP contribution in [0.3, 0.4) is 0 Å². The van der Waals surface area contributed by atoms with Crippen molar-refractivity contribution in [2.45, 2.75) is 12.6 Å². The number of carboxylic acid groups (broad SMARTS) is 1. The van der Waals surface area contributed by atoms with E-state index in [1.807, 2.05) is 0 Å². The molecule has 4 rings (SSSR count). The van der Waals surface area contributed by atoms with Gasteiger partial charge in [-0.25, -0.2) is 4.79 Å². The van der Waals surface area contributed by atoms with Crippen molar-refractivity contribution in [2.75, 3.05) is 21.3 Å². The van der Waals surface area contributed by atoms with Crippen molar-refractivity contribution in [3.8, 4) is 17.2 Å². The van der Waals surface area contributed by atoms with Crippen molar-refractivity contribution in [2.24, 2.45) is 0 Å². The van der Waals surface area contributed by atoms with Gasteiger partial charge in [-0.1, -0.05) is 30.3 Å². The van der Waals surface area contributed by atoms with Gasteiger partial charge in [-0.15, -0.1) is 0 Å². The molecule has 0 bridgehead atoms. The van der Waals surface area contributed by atoms with Crippen molar-refractivity contribution >= 4 is 23.4 Å². The lowest BCUT2D eigenvalue weighted by atomic mass is 9.94. The molecule has 1 aliphatic heterocycles. The van der Waals surface area contributed by atoms with Crippen molar-refractivity contribution in [1.82, 2.24) is 4.90 Å². The Bertz CT molecular complexity index is 1390.